The van der Waals surface area contributed by atoms with Gasteiger partial charge in [0, 0.05) is 11.6 Å². The van der Waals surface area contributed by atoms with Crippen molar-refractivity contribution in [1.82, 2.24) is 4.90 Å². The van der Waals surface area contributed by atoms with Crippen LogP contribution in [0.5, 0.6) is 0 Å². The van der Waals surface area contributed by atoms with Gasteiger partial charge in [-0.2, -0.15) is 13.2 Å². The Hall–Kier alpha value is -0.740. The van der Waals surface area contributed by atoms with Gasteiger partial charge in [-0.05, 0) is 55.6 Å². The maximum Gasteiger partial charge on any atom is 0.416 e. The number of hydrogen-bond donors (Lipinski definition) is 0. The maximum absolute atomic E-state index is 13.0. The van der Waals surface area contributed by atoms with Crippen LogP contribution in [0.4, 0.5) is 13.2 Å². The highest BCUT2D eigenvalue weighted by molar-refractivity contribution is 6.30. The lowest BCUT2D eigenvalue weighted by Crippen LogP contribution is -2.33. The third-order valence-electron chi connectivity index (χ3n) is 4.05. The number of piperidine rings is 1. The van der Waals surface area contributed by atoms with E-state index in [1.54, 1.807) is 0 Å². The summed E-state index contributed by atoms with van der Waals surface area (Å²) in [6.45, 7) is 4.22. The van der Waals surface area contributed by atoms with E-state index in [1.807, 2.05) is 0 Å². The molecule has 2 rings (SSSR count). The van der Waals surface area contributed by atoms with Gasteiger partial charge in [-0.15, -0.1) is 0 Å². The second-order valence-electron chi connectivity index (χ2n) is 5.43. The summed E-state index contributed by atoms with van der Waals surface area (Å²) >= 11 is 5.84. The fourth-order valence-corrected chi connectivity index (χ4v) is 2.96. The lowest BCUT2D eigenvalue weighted by atomic mass is 9.94. The van der Waals surface area contributed by atoms with Gasteiger partial charge in [0.25, 0.3) is 0 Å². The molecule has 112 valence electrons. The molecule has 1 aliphatic rings. The fourth-order valence-electron chi connectivity index (χ4n) is 2.76. The lowest BCUT2D eigenvalue weighted by Gasteiger charge is -2.32. The Kier molecular flexibility index (Phi) is 4.97. The average Bonchev–Trinajstić information content (AvgIpc) is 2.38. The Bertz CT molecular complexity index is 451. The highest BCUT2D eigenvalue weighted by Crippen LogP contribution is 2.34. The van der Waals surface area contributed by atoms with Crippen LogP contribution in [0.2, 0.25) is 5.02 Å². The third-order valence-corrected chi connectivity index (χ3v) is 4.29. The van der Waals surface area contributed by atoms with Crippen molar-refractivity contribution in [1.29, 1.82) is 0 Å². The van der Waals surface area contributed by atoms with Gasteiger partial charge < -0.3 is 0 Å². The molecule has 20 heavy (non-hydrogen) atoms. The van der Waals surface area contributed by atoms with Crippen molar-refractivity contribution in [2.75, 3.05) is 13.1 Å². The van der Waals surface area contributed by atoms with E-state index in [-0.39, 0.29) is 5.56 Å². The molecule has 1 nitrogen and oxygen atoms in total. The summed E-state index contributed by atoms with van der Waals surface area (Å²) in [5.74, 6) is 0.715. The molecule has 0 amide bonds. The normalized spacial score (nSPS) is 18.4. The molecule has 0 saturated carbocycles. The smallest absolute Gasteiger partial charge is 0.299 e. The molecule has 0 bridgehead atoms. The first-order chi connectivity index (χ1) is 9.40. The molecule has 0 unspecified atom stereocenters. The van der Waals surface area contributed by atoms with Crippen LogP contribution < -0.4 is 0 Å². The topological polar surface area (TPSA) is 3.24 Å². The Morgan fingerprint density at radius 1 is 1.25 bits per heavy atom. The monoisotopic (exact) mass is 305 g/mol. The predicted octanol–water partition coefficient (Wildman–Crippen LogP) is 4.98. The minimum Gasteiger partial charge on any atom is -0.299 e. The Morgan fingerprint density at radius 3 is 2.45 bits per heavy atom. The standard InChI is InChI=1S/C15H19ClF3N/c1-2-11-5-7-20(8-6-11)10-12-9-13(16)3-4-14(12)15(17,18)19/h3-4,9,11H,2,5-8,10H2,1H3. The molecule has 0 spiro atoms. The van der Waals surface area contributed by atoms with E-state index in [4.69, 9.17) is 11.6 Å². The number of likely N-dealkylation sites (tertiary alicyclic amines) is 1. The highest BCUT2D eigenvalue weighted by Gasteiger charge is 2.33. The van der Waals surface area contributed by atoms with Gasteiger partial charge in [-0.3, -0.25) is 4.90 Å². The maximum atomic E-state index is 13.0. The molecular formula is C15H19ClF3N. The zero-order valence-electron chi connectivity index (χ0n) is 11.5. The molecule has 1 heterocycles. The fraction of sp³-hybridized carbons (Fsp3) is 0.600. The van der Waals surface area contributed by atoms with Crippen LogP contribution in [0.15, 0.2) is 18.2 Å². The average molecular weight is 306 g/mol. The van der Waals surface area contributed by atoms with Crippen LogP contribution in [0.25, 0.3) is 0 Å². The molecule has 1 saturated heterocycles. The number of benzene rings is 1. The zero-order valence-corrected chi connectivity index (χ0v) is 12.3. The number of halogens is 4. The molecule has 0 atom stereocenters. The first-order valence-electron chi connectivity index (χ1n) is 6.98. The molecule has 5 heteroatoms. The van der Waals surface area contributed by atoms with E-state index in [2.05, 4.69) is 11.8 Å². The van der Waals surface area contributed by atoms with Gasteiger partial charge in [-0.1, -0.05) is 24.9 Å². The summed E-state index contributed by atoms with van der Waals surface area (Å²) in [4.78, 5) is 2.09. The van der Waals surface area contributed by atoms with Crippen LogP contribution in [-0.4, -0.2) is 18.0 Å². The summed E-state index contributed by atoms with van der Waals surface area (Å²) in [7, 11) is 0. The van der Waals surface area contributed by atoms with E-state index in [1.165, 1.54) is 12.1 Å². The quantitative estimate of drug-likeness (QED) is 0.761. The summed E-state index contributed by atoms with van der Waals surface area (Å²) in [6, 6.07) is 3.82. The zero-order chi connectivity index (χ0) is 14.8. The molecule has 0 radical (unpaired) electrons. The Morgan fingerprint density at radius 2 is 1.90 bits per heavy atom. The lowest BCUT2D eigenvalue weighted by molar-refractivity contribution is -0.138. The second kappa shape index (κ2) is 6.35. The summed E-state index contributed by atoms with van der Waals surface area (Å²) < 4.78 is 39.0. The van der Waals surface area contributed by atoms with Crippen LogP contribution in [-0.2, 0) is 12.7 Å². The minimum absolute atomic E-state index is 0.278. The van der Waals surface area contributed by atoms with E-state index < -0.39 is 11.7 Å². The molecule has 0 aromatic heterocycles. The first kappa shape index (κ1) is 15.6. The van der Waals surface area contributed by atoms with Gasteiger partial charge in [0.1, 0.15) is 0 Å². The SMILES string of the molecule is CCC1CCN(Cc2cc(Cl)ccc2C(F)(F)F)CC1. The minimum atomic E-state index is -4.32. The van der Waals surface area contributed by atoms with Gasteiger partial charge in [0.05, 0.1) is 5.56 Å². The third kappa shape index (κ3) is 3.89. The predicted molar refractivity (Wildman–Crippen MR) is 74.7 cm³/mol. The van der Waals surface area contributed by atoms with E-state index in [0.29, 0.717) is 17.5 Å². The highest BCUT2D eigenvalue weighted by atomic mass is 35.5. The summed E-state index contributed by atoms with van der Waals surface area (Å²) in [5.41, 5.74) is -0.292. The Balaban J connectivity index is 2.11. The molecule has 1 aliphatic heterocycles. The molecule has 0 N–H and O–H groups in total. The summed E-state index contributed by atoms with van der Waals surface area (Å²) in [6.07, 6.45) is -1.03. The van der Waals surface area contributed by atoms with Crippen molar-refractivity contribution >= 4 is 11.6 Å². The number of alkyl halides is 3. The van der Waals surface area contributed by atoms with Crippen LogP contribution >= 0.6 is 11.6 Å². The number of rotatable bonds is 3. The van der Waals surface area contributed by atoms with Crippen LogP contribution in [0, 0.1) is 5.92 Å². The van der Waals surface area contributed by atoms with Crippen LogP contribution in [0.1, 0.15) is 37.3 Å². The van der Waals surface area contributed by atoms with Crippen molar-refractivity contribution < 1.29 is 13.2 Å². The molecule has 1 aromatic rings. The number of nitrogens with zero attached hydrogens (tertiary/aromatic N) is 1. The van der Waals surface area contributed by atoms with Gasteiger partial charge >= 0.3 is 6.18 Å². The second-order valence-corrected chi connectivity index (χ2v) is 5.86. The van der Waals surface area contributed by atoms with E-state index in [0.717, 1.165) is 38.4 Å². The Labute approximate surface area is 122 Å². The number of hydrogen-bond acceptors (Lipinski definition) is 1. The molecular weight excluding hydrogens is 287 g/mol. The van der Waals surface area contributed by atoms with Gasteiger partial charge in [0.2, 0.25) is 0 Å². The van der Waals surface area contributed by atoms with Crippen LogP contribution in [0.3, 0.4) is 0 Å². The molecule has 1 aromatic carbocycles. The summed E-state index contributed by atoms with van der Waals surface area (Å²) in [5, 5.41) is 0.358. The largest absolute Gasteiger partial charge is 0.416 e. The van der Waals surface area contributed by atoms with E-state index in [9.17, 15) is 13.2 Å². The van der Waals surface area contributed by atoms with Crippen molar-refractivity contribution in [3.8, 4) is 0 Å². The van der Waals surface area contributed by atoms with Crippen molar-refractivity contribution in [3.63, 3.8) is 0 Å². The first-order valence-corrected chi connectivity index (χ1v) is 7.36. The van der Waals surface area contributed by atoms with Crippen molar-refractivity contribution in [2.24, 2.45) is 5.92 Å². The van der Waals surface area contributed by atoms with Gasteiger partial charge in [-0.25, -0.2) is 0 Å². The van der Waals surface area contributed by atoms with E-state index >= 15 is 0 Å². The molecule has 0 aliphatic carbocycles. The van der Waals surface area contributed by atoms with Crippen molar-refractivity contribution in [2.45, 2.75) is 38.9 Å². The van der Waals surface area contributed by atoms with Gasteiger partial charge in [0.15, 0.2) is 0 Å². The van der Waals surface area contributed by atoms with Crippen molar-refractivity contribution in [3.05, 3.63) is 34.3 Å². The molecule has 1 fully saturated rings.